The Morgan fingerprint density at radius 3 is 2.56 bits per heavy atom. The highest BCUT2D eigenvalue weighted by Crippen LogP contribution is 2.30. The van der Waals surface area contributed by atoms with Crippen molar-refractivity contribution in [2.24, 2.45) is 0 Å². The van der Waals surface area contributed by atoms with Crippen LogP contribution in [-0.4, -0.2) is 26.4 Å². The van der Waals surface area contributed by atoms with Crippen LogP contribution in [0.15, 0.2) is 78.0 Å². The number of carbonyl (C=O) groups is 1. The standard InChI is InChI=1S/C24H20Cl2N4OS/c1-16-7-5-10-18(13-16)30-21(14-17-8-3-2-4-9-17)28-29-24(30)32-15-22(31)27-20-12-6-11-19(25)23(20)26/h2-13H,14-15H2,1H3,(H,27,31). The van der Waals surface area contributed by atoms with E-state index in [1.807, 2.05) is 47.9 Å². The Morgan fingerprint density at radius 2 is 1.78 bits per heavy atom. The Kier molecular flexibility index (Phi) is 7.15. The van der Waals surface area contributed by atoms with Gasteiger partial charge in [-0.1, -0.05) is 83.5 Å². The zero-order valence-corrected chi connectivity index (χ0v) is 19.6. The van der Waals surface area contributed by atoms with Gasteiger partial charge in [0.05, 0.1) is 21.5 Å². The first kappa shape index (κ1) is 22.4. The maximum atomic E-state index is 12.6. The van der Waals surface area contributed by atoms with Gasteiger partial charge in [0.1, 0.15) is 5.82 Å². The first-order valence-electron chi connectivity index (χ1n) is 9.93. The van der Waals surface area contributed by atoms with Crippen molar-refractivity contribution < 1.29 is 4.79 Å². The number of nitrogens with zero attached hydrogens (tertiary/aromatic N) is 3. The molecule has 0 aliphatic heterocycles. The summed E-state index contributed by atoms with van der Waals surface area (Å²) in [5.41, 5.74) is 3.71. The van der Waals surface area contributed by atoms with Crippen LogP contribution >= 0.6 is 35.0 Å². The van der Waals surface area contributed by atoms with Crippen molar-refractivity contribution in [2.45, 2.75) is 18.5 Å². The van der Waals surface area contributed by atoms with Crippen LogP contribution in [0, 0.1) is 6.92 Å². The second-order valence-corrected chi connectivity index (χ2v) is 8.90. The molecule has 4 rings (SSSR count). The topological polar surface area (TPSA) is 59.8 Å². The van der Waals surface area contributed by atoms with E-state index in [1.54, 1.807) is 18.2 Å². The molecule has 8 heteroatoms. The molecule has 1 heterocycles. The van der Waals surface area contributed by atoms with Gasteiger partial charge in [-0.15, -0.1) is 10.2 Å². The summed E-state index contributed by atoms with van der Waals surface area (Å²) < 4.78 is 2.00. The second-order valence-electron chi connectivity index (χ2n) is 7.17. The van der Waals surface area contributed by atoms with Gasteiger partial charge in [0, 0.05) is 12.1 Å². The van der Waals surface area contributed by atoms with Crippen molar-refractivity contribution in [3.63, 3.8) is 0 Å². The number of aryl methyl sites for hydroxylation is 1. The monoisotopic (exact) mass is 482 g/mol. The molecule has 0 saturated heterocycles. The van der Waals surface area contributed by atoms with E-state index in [0.717, 1.165) is 22.6 Å². The van der Waals surface area contributed by atoms with Gasteiger partial charge in [-0.25, -0.2) is 0 Å². The van der Waals surface area contributed by atoms with Crippen LogP contribution in [0.1, 0.15) is 17.0 Å². The molecule has 0 unspecified atom stereocenters. The lowest BCUT2D eigenvalue weighted by molar-refractivity contribution is -0.113. The third-order valence-electron chi connectivity index (χ3n) is 4.72. The van der Waals surface area contributed by atoms with Crippen LogP contribution in [0.4, 0.5) is 5.69 Å². The van der Waals surface area contributed by atoms with Crippen molar-refractivity contribution in [1.82, 2.24) is 14.8 Å². The van der Waals surface area contributed by atoms with Crippen LogP contribution in [0.5, 0.6) is 0 Å². The fraction of sp³-hybridized carbons (Fsp3) is 0.125. The maximum Gasteiger partial charge on any atom is 0.234 e. The average molecular weight is 483 g/mol. The number of anilines is 1. The Labute approximate surface area is 200 Å². The fourth-order valence-corrected chi connectivity index (χ4v) is 4.35. The number of thioether (sulfide) groups is 1. The molecule has 5 nitrogen and oxygen atoms in total. The molecule has 32 heavy (non-hydrogen) atoms. The minimum atomic E-state index is -0.206. The number of nitrogens with one attached hydrogen (secondary N) is 1. The van der Waals surface area contributed by atoms with Gasteiger partial charge in [0.15, 0.2) is 5.16 Å². The number of amides is 1. The zero-order chi connectivity index (χ0) is 22.5. The van der Waals surface area contributed by atoms with Crippen molar-refractivity contribution in [3.05, 3.63) is 99.8 Å². The van der Waals surface area contributed by atoms with Crippen LogP contribution < -0.4 is 5.32 Å². The van der Waals surface area contributed by atoms with Crippen molar-refractivity contribution in [3.8, 4) is 5.69 Å². The van der Waals surface area contributed by atoms with Crippen LogP contribution in [-0.2, 0) is 11.2 Å². The molecule has 0 aliphatic rings. The lowest BCUT2D eigenvalue weighted by Gasteiger charge is -2.12. The number of rotatable bonds is 7. The predicted molar refractivity (Wildman–Crippen MR) is 131 cm³/mol. The Hall–Kier alpha value is -2.80. The summed E-state index contributed by atoms with van der Waals surface area (Å²) in [6, 6.07) is 23.4. The third kappa shape index (κ3) is 5.33. The van der Waals surface area contributed by atoms with Crippen LogP contribution in [0.25, 0.3) is 5.69 Å². The second kappa shape index (κ2) is 10.2. The minimum absolute atomic E-state index is 0.151. The Bertz CT molecular complexity index is 1240. The molecule has 0 radical (unpaired) electrons. The van der Waals surface area contributed by atoms with E-state index in [0.29, 0.717) is 27.3 Å². The summed E-state index contributed by atoms with van der Waals surface area (Å²) in [4.78, 5) is 12.6. The van der Waals surface area contributed by atoms with E-state index in [2.05, 4.69) is 33.7 Å². The van der Waals surface area contributed by atoms with Gasteiger partial charge in [0.25, 0.3) is 0 Å². The molecule has 0 fully saturated rings. The molecule has 0 aliphatic carbocycles. The summed E-state index contributed by atoms with van der Waals surface area (Å²) in [6.07, 6.45) is 0.632. The molecule has 162 valence electrons. The zero-order valence-electron chi connectivity index (χ0n) is 17.3. The molecule has 1 aromatic heterocycles. The molecule has 0 atom stereocenters. The minimum Gasteiger partial charge on any atom is -0.324 e. The maximum absolute atomic E-state index is 12.6. The summed E-state index contributed by atoms with van der Waals surface area (Å²) in [5, 5.41) is 13.0. The highest BCUT2D eigenvalue weighted by atomic mass is 35.5. The molecular formula is C24H20Cl2N4OS. The van der Waals surface area contributed by atoms with Gasteiger partial charge in [-0.2, -0.15) is 0 Å². The van der Waals surface area contributed by atoms with E-state index in [1.165, 1.54) is 11.8 Å². The molecule has 0 saturated carbocycles. The summed E-state index contributed by atoms with van der Waals surface area (Å²) in [5.74, 6) is 0.753. The molecule has 0 spiro atoms. The molecule has 0 bridgehead atoms. The predicted octanol–water partition coefficient (Wildman–Crippen LogP) is 6.20. The van der Waals surface area contributed by atoms with Gasteiger partial charge >= 0.3 is 0 Å². The number of carbonyl (C=O) groups excluding carboxylic acids is 1. The van der Waals surface area contributed by atoms with Crippen molar-refractivity contribution >= 4 is 46.6 Å². The lowest BCUT2D eigenvalue weighted by atomic mass is 10.1. The van der Waals surface area contributed by atoms with E-state index in [4.69, 9.17) is 23.2 Å². The fourth-order valence-electron chi connectivity index (χ4n) is 3.23. The first-order valence-corrected chi connectivity index (χ1v) is 11.7. The van der Waals surface area contributed by atoms with E-state index >= 15 is 0 Å². The number of hydrogen-bond acceptors (Lipinski definition) is 4. The van der Waals surface area contributed by atoms with Crippen molar-refractivity contribution in [1.29, 1.82) is 0 Å². The number of benzene rings is 3. The van der Waals surface area contributed by atoms with E-state index in [9.17, 15) is 4.79 Å². The van der Waals surface area contributed by atoms with Gasteiger partial charge in [0.2, 0.25) is 5.91 Å². The average Bonchev–Trinajstić information content (AvgIpc) is 3.18. The summed E-state index contributed by atoms with van der Waals surface area (Å²) in [7, 11) is 0. The normalized spacial score (nSPS) is 10.8. The SMILES string of the molecule is Cc1cccc(-n2c(Cc3ccccc3)nnc2SCC(=O)Nc2cccc(Cl)c2Cl)c1. The highest BCUT2D eigenvalue weighted by Gasteiger charge is 2.17. The quantitative estimate of drug-likeness (QED) is 0.318. The summed E-state index contributed by atoms with van der Waals surface area (Å²) in [6.45, 7) is 2.04. The number of aromatic nitrogens is 3. The van der Waals surface area contributed by atoms with Gasteiger partial charge < -0.3 is 5.32 Å². The smallest absolute Gasteiger partial charge is 0.234 e. The largest absolute Gasteiger partial charge is 0.324 e. The van der Waals surface area contributed by atoms with Crippen LogP contribution in [0.2, 0.25) is 10.0 Å². The van der Waals surface area contributed by atoms with Gasteiger partial charge in [-0.05, 0) is 42.3 Å². The number of hydrogen-bond donors (Lipinski definition) is 1. The summed E-state index contributed by atoms with van der Waals surface area (Å²) >= 11 is 13.5. The van der Waals surface area contributed by atoms with E-state index in [-0.39, 0.29) is 11.7 Å². The molecule has 3 aromatic carbocycles. The number of halogens is 2. The molecule has 1 N–H and O–H groups in total. The van der Waals surface area contributed by atoms with Gasteiger partial charge in [-0.3, -0.25) is 9.36 Å². The Morgan fingerprint density at radius 1 is 1.00 bits per heavy atom. The van der Waals surface area contributed by atoms with E-state index < -0.39 is 0 Å². The molecule has 4 aromatic rings. The molecule has 1 amide bonds. The van der Waals surface area contributed by atoms with Crippen molar-refractivity contribution in [2.75, 3.05) is 11.1 Å². The van der Waals surface area contributed by atoms with Crippen LogP contribution in [0.3, 0.4) is 0 Å². The molecular weight excluding hydrogens is 463 g/mol. The Balaban J connectivity index is 1.56. The first-order chi connectivity index (χ1) is 15.5. The lowest BCUT2D eigenvalue weighted by Crippen LogP contribution is -2.15. The highest BCUT2D eigenvalue weighted by molar-refractivity contribution is 7.99. The third-order valence-corrected chi connectivity index (χ3v) is 6.47.